The molecule has 1 saturated heterocycles. The largest absolute Gasteiger partial charge is 0.355 e. The van der Waals surface area contributed by atoms with Crippen LogP contribution < -0.4 is 10.2 Å². The van der Waals surface area contributed by atoms with Gasteiger partial charge in [0.25, 0.3) is 0 Å². The summed E-state index contributed by atoms with van der Waals surface area (Å²) in [6.45, 7) is 3.62. The molecule has 0 saturated carbocycles. The Labute approximate surface area is 159 Å². The number of aromatic nitrogens is 4. The molecular formula is C18H19BrN6O. The monoisotopic (exact) mass is 414 g/mol. The Kier molecular flexibility index (Phi) is 4.58. The quantitative estimate of drug-likeness (QED) is 0.712. The highest BCUT2D eigenvalue weighted by Gasteiger charge is 2.26. The lowest BCUT2D eigenvalue weighted by atomic mass is 9.96. The first kappa shape index (κ1) is 17.0. The number of aryl methyl sites for hydroxylation is 1. The van der Waals surface area contributed by atoms with Crippen molar-refractivity contribution in [1.29, 1.82) is 0 Å². The number of amides is 1. The minimum absolute atomic E-state index is 0.0121. The Hall–Kier alpha value is -2.48. The van der Waals surface area contributed by atoms with Crippen molar-refractivity contribution < 1.29 is 4.79 Å². The van der Waals surface area contributed by atoms with Crippen LogP contribution >= 0.6 is 15.9 Å². The molecule has 1 aliphatic rings. The molecule has 0 bridgehead atoms. The third kappa shape index (κ3) is 3.41. The molecule has 3 aromatic rings. The molecule has 26 heavy (non-hydrogen) atoms. The maximum Gasteiger partial charge on any atom is 0.227 e. The lowest BCUT2D eigenvalue weighted by molar-refractivity contribution is -0.120. The van der Waals surface area contributed by atoms with Crippen molar-refractivity contribution in [3.8, 4) is 0 Å². The fourth-order valence-corrected chi connectivity index (χ4v) is 3.81. The van der Waals surface area contributed by atoms with Crippen molar-refractivity contribution in [2.75, 3.05) is 23.3 Å². The van der Waals surface area contributed by atoms with Crippen LogP contribution in [0.3, 0.4) is 0 Å². The Morgan fingerprint density at radius 2 is 2.04 bits per heavy atom. The van der Waals surface area contributed by atoms with Crippen LogP contribution in [-0.4, -0.2) is 38.8 Å². The van der Waals surface area contributed by atoms with Crippen LogP contribution in [-0.2, 0) is 4.79 Å². The molecule has 0 unspecified atom stereocenters. The van der Waals surface area contributed by atoms with Crippen molar-refractivity contribution in [2.24, 2.45) is 5.92 Å². The van der Waals surface area contributed by atoms with Gasteiger partial charge in [0, 0.05) is 23.5 Å². The van der Waals surface area contributed by atoms with Gasteiger partial charge in [-0.2, -0.15) is 4.52 Å². The van der Waals surface area contributed by atoms with E-state index in [4.69, 9.17) is 0 Å². The summed E-state index contributed by atoms with van der Waals surface area (Å²) in [6.07, 6.45) is 3.20. The van der Waals surface area contributed by atoms with E-state index in [-0.39, 0.29) is 11.8 Å². The summed E-state index contributed by atoms with van der Waals surface area (Å²) in [7, 11) is 0. The van der Waals surface area contributed by atoms with E-state index >= 15 is 0 Å². The maximum absolute atomic E-state index is 12.6. The summed E-state index contributed by atoms with van der Waals surface area (Å²) >= 11 is 3.51. The first-order chi connectivity index (χ1) is 12.6. The smallest absolute Gasteiger partial charge is 0.227 e. The molecule has 8 heteroatoms. The van der Waals surface area contributed by atoms with Crippen LogP contribution in [0.2, 0.25) is 0 Å². The van der Waals surface area contributed by atoms with Gasteiger partial charge >= 0.3 is 0 Å². The predicted molar refractivity (Wildman–Crippen MR) is 103 cm³/mol. The number of piperidine rings is 1. The SMILES string of the molecule is Cc1ccc(NC(=O)C2CCN(c3ccc4nncn4n3)CC2)c(Br)c1. The van der Waals surface area contributed by atoms with E-state index in [0.717, 1.165) is 53.1 Å². The summed E-state index contributed by atoms with van der Waals surface area (Å²) in [5.74, 6) is 0.979. The molecule has 2 aromatic heterocycles. The van der Waals surface area contributed by atoms with Gasteiger partial charge in [0.05, 0.1) is 5.69 Å². The average molecular weight is 415 g/mol. The Morgan fingerprint density at radius 1 is 1.23 bits per heavy atom. The van der Waals surface area contributed by atoms with Gasteiger partial charge in [0.2, 0.25) is 5.91 Å². The standard InChI is InChI=1S/C18H19BrN6O/c1-12-2-3-15(14(19)10-12)21-18(26)13-6-8-24(9-7-13)17-5-4-16-22-20-11-25(16)23-17/h2-5,10-11,13H,6-9H2,1H3,(H,21,26). The fourth-order valence-electron chi connectivity index (χ4n) is 3.21. The van der Waals surface area contributed by atoms with Crippen molar-refractivity contribution in [3.05, 3.63) is 46.7 Å². The Balaban J connectivity index is 1.38. The van der Waals surface area contributed by atoms with Gasteiger partial charge in [-0.1, -0.05) is 6.07 Å². The first-order valence-corrected chi connectivity index (χ1v) is 9.38. The molecule has 1 N–H and O–H groups in total. The van der Waals surface area contributed by atoms with Gasteiger partial charge < -0.3 is 10.2 Å². The van der Waals surface area contributed by atoms with Crippen molar-refractivity contribution in [1.82, 2.24) is 19.8 Å². The highest BCUT2D eigenvalue weighted by Crippen LogP contribution is 2.27. The van der Waals surface area contributed by atoms with E-state index in [1.54, 1.807) is 10.8 Å². The number of nitrogens with zero attached hydrogens (tertiary/aromatic N) is 5. The molecule has 1 aromatic carbocycles. The van der Waals surface area contributed by atoms with Crippen molar-refractivity contribution in [2.45, 2.75) is 19.8 Å². The van der Waals surface area contributed by atoms with Gasteiger partial charge in [0.1, 0.15) is 12.1 Å². The third-order valence-corrected chi connectivity index (χ3v) is 5.38. The number of hydrogen-bond acceptors (Lipinski definition) is 5. The first-order valence-electron chi connectivity index (χ1n) is 8.59. The average Bonchev–Trinajstić information content (AvgIpc) is 3.12. The Morgan fingerprint density at radius 3 is 2.81 bits per heavy atom. The molecule has 0 radical (unpaired) electrons. The normalized spacial score (nSPS) is 15.4. The van der Waals surface area contributed by atoms with Gasteiger partial charge in [-0.3, -0.25) is 4.79 Å². The molecule has 3 heterocycles. The maximum atomic E-state index is 12.6. The Bertz CT molecular complexity index is 948. The lowest BCUT2D eigenvalue weighted by Gasteiger charge is -2.32. The van der Waals surface area contributed by atoms with E-state index in [1.165, 1.54) is 0 Å². The highest BCUT2D eigenvalue weighted by atomic mass is 79.9. The molecule has 0 aliphatic carbocycles. The van der Waals surface area contributed by atoms with Crippen LogP contribution in [0.25, 0.3) is 5.65 Å². The molecular weight excluding hydrogens is 396 g/mol. The highest BCUT2D eigenvalue weighted by molar-refractivity contribution is 9.10. The van der Waals surface area contributed by atoms with Crippen LogP contribution in [0.5, 0.6) is 0 Å². The van der Waals surface area contributed by atoms with E-state index < -0.39 is 0 Å². The zero-order chi connectivity index (χ0) is 18.1. The second kappa shape index (κ2) is 7.03. The summed E-state index contributed by atoms with van der Waals surface area (Å²) in [6, 6.07) is 9.79. The molecule has 1 fully saturated rings. The van der Waals surface area contributed by atoms with E-state index in [1.807, 2.05) is 37.3 Å². The van der Waals surface area contributed by atoms with Crippen LogP contribution in [0.15, 0.2) is 41.1 Å². The molecule has 4 rings (SSSR count). The fraction of sp³-hybridized carbons (Fsp3) is 0.333. The van der Waals surface area contributed by atoms with Gasteiger partial charge in [-0.05, 0) is 65.5 Å². The second-order valence-electron chi connectivity index (χ2n) is 6.56. The number of anilines is 2. The van der Waals surface area contributed by atoms with Crippen molar-refractivity contribution >= 4 is 39.0 Å². The van der Waals surface area contributed by atoms with E-state index in [9.17, 15) is 4.79 Å². The zero-order valence-corrected chi connectivity index (χ0v) is 16.0. The summed E-state index contributed by atoms with van der Waals surface area (Å²) in [5, 5.41) is 15.4. The second-order valence-corrected chi connectivity index (χ2v) is 7.41. The number of carbonyl (C=O) groups excluding carboxylic acids is 1. The van der Waals surface area contributed by atoms with Gasteiger partial charge in [-0.25, -0.2) is 0 Å². The predicted octanol–water partition coefficient (Wildman–Crippen LogP) is 3.05. The molecule has 1 amide bonds. The zero-order valence-electron chi connectivity index (χ0n) is 14.4. The number of halogens is 1. The number of benzene rings is 1. The van der Waals surface area contributed by atoms with Gasteiger partial charge in [-0.15, -0.1) is 15.3 Å². The molecule has 1 aliphatic heterocycles. The number of rotatable bonds is 3. The minimum atomic E-state index is 0.0121. The topological polar surface area (TPSA) is 75.4 Å². The number of fused-ring (bicyclic) bond motifs is 1. The molecule has 0 spiro atoms. The molecule has 134 valence electrons. The van der Waals surface area contributed by atoms with Crippen LogP contribution in [0.1, 0.15) is 18.4 Å². The summed E-state index contributed by atoms with van der Waals surface area (Å²) < 4.78 is 2.58. The van der Waals surface area contributed by atoms with Crippen molar-refractivity contribution in [3.63, 3.8) is 0 Å². The van der Waals surface area contributed by atoms with Crippen LogP contribution in [0, 0.1) is 12.8 Å². The van der Waals surface area contributed by atoms with E-state index in [0.29, 0.717) is 0 Å². The number of hydrogen-bond donors (Lipinski definition) is 1. The lowest BCUT2D eigenvalue weighted by Crippen LogP contribution is -2.38. The third-order valence-electron chi connectivity index (χ3n) is 4.72. The summed E-state index contributed by atoms with van der Waals surface area (Å²) in [4.78, 5) is 14.8. The number of nitrogens with one attached hydrogen (secondary N) is 1. The minimum Gasteiger partial charge on any atom is -0.355 e. The van der Waals surface area contributed by atoms with Gasteiger partial charge in [0.15, 0.2) is 5.65 Å². The molecule has 7 nitrogen and oxygen atoms in total. The number of carbonyl (C=O) groups is 1. The molecule has 0 atom stereocenters. The summed E-state index contributed by atoms with van der Waals surface area (Å²) in [5.41, 5.74) is 2.70. The van der Waals surface area contributed by atoms with E-state index in [2.05, 4.69) is 41.4 Å². The van der Waals surface area contributed by atoms with Crippen LogP contribution in [0.4, 0.5) is 11.5 Å².